The number of aliphatic hydroxyl groups is 2. The highest BCUT2D eigenvalue weighted by Gasteiger charge is 2.35. The van der Waals surface area contributed by atoms with E-state index in [2.05, 4.69) is 13.0 Å². The largest absolute Gasteiger partial charge is 0.393 e. The fourth-order valence-corrected chi connectivity index (χ4v) is 8.26. The summed E-state index contributed by atoms with van der Waals surface area (Å²) in [6.07, 6.45) is 26.4. The predicted octanol–water partition coefficient (Wildman–Crippen LogP) is 7.82. The molecule has 0 bridgehead atoms. The van der Waals surface area contributed by atoms with Crippen LogP contribution < -0.4 is 0 Å². The topological polar surface area (TPSA) is 40.5 Å². The van der Waals surface area contributed by atoms with Crippen molar-refractivity contribution >= 4 is 0 Å². The number of unbranched alkanes of at least 4 members (excludes halogenated alkanes) is 1. The molecular formula is C30H52O2. The van der Waals surface area contributed by atoms with Crippen LogP contribution >= 0.6 is 0 Å². The molecule has 0 heterocycles. The molecular weight excluding hydrogens is 392 g/mol. The van der Waals surface area contributed by atoms with E-state index < -0.39 is 0 Å². The van der Waals surface area contributed by atoms with Crippen LogP contribution in [0.15, 0.2) is 11.6 Å². The minimum atomic E-state index is -0.146. The van der Waals surface area contributed by atoms with Gasteiger partial charge in [-0.3, -0.25) is 0 Å². The van der Waals surface area contributed by atoms with Gasteiger partial charge in [-0.25, -0.2) is 0 Å². The Morgan fingerprint density at radius 3 is 2.53 bits per heavy atom. The third kappa shape index (κ3) is 6.41. The molecule has 0 aromatic heterocycles. The van der Waals surface area contributed by atoms with Crippen LogP contribution in [0.4, 0.5) is 0 Å². The van der Waals surface area contributed by atoms with E-state index in [4.69, 9.17) is 0 Å². The molecule has 3 fully saturated rings. The molecule has 8 unspecified atom stereocenters. The first-order valence-corrected chi connectivity index (χ1v) is 14.7. The van der Waals surface area contributed by atoms with E-state index in [0.717, 1.165) is 55.8 Å². The minimum Gasteiger partial charge on any atom is -0.393 e. The van der Waals surface area contributed by atoms with Crippen molar-refractivity contribution in [1.82, 2.24) is 0 Å². The van der Waals surface area contributed by atoms with Gasteiger partial charge in [-0.15, -0.1) is 0 Å². The van der Waals surface area contributed by atoms with E-state index >= 15 is 0 Å². The molecule has 4 aliphatic carbocycles. The first kappa shape index (κ1) is 24.8. The molecule has 2 N–H and O–H groups in total. The summed E-state index contributed by atoms with van der Waals surface area (Å²) in [6, 6.07) is 0. The van der Waals surface area contributed by atoms with Gasteiger partial charge in [0.05, 0.1) is 12.2 Å². The number of aliphatic hydroxyl groups excluding tert-OH is 2. The maximum atomic E-state index is 11.0. The van der Waals surface area contributed by atoms with Gasteiger partial charge in [0.25, 0.3) is 0 Å². The number of fused-ring (bicyclic) bond motifs is 2. The molecule has 0 saturated heterocycles. The monoisotopic (exact) mass is 444 g/mol. The van der Waals surface area contributed by atoms with Crippen LogP contribution in [0.3, 0.4) is 0 Å². The van der Waals surface area contributed by atoms with Crippen LogP contribution in [0.25, 0.3) is 0 Å². The summed E-state index contributed by atoms with van der Waals surface area (Å²) in [5.41, 5.74) is 1.76. The molecule has 0 radical (unpaired) electrons. The predicted molar refractivity (Wildman–Crippen MR) is 134 cm³/mol. The zero-order chi connectivity index (χ0) is 22.3. The molecule has 8 atom stereocenters. The van der Waals surface area contributed by atoms with Crippen molar-refractivity contribution in [3.8, 4) is 0 Å². The molecule has 184 valence electrons. The molecule has 2 nitrogen and oxygen atoms in total. The number of rotatable bonds is 10. The summed E-state index contributed by atoms with van der Waals surface area (Å²) in [4.78, 5) is 0. The van der Waals surface area contributed by atoms with Crippen LogP contribution in [0.1, 0.15) is 129 Å². The molecule has 4 aliphatic rings. The second-order valence-electron chi connectivity index (χ2n) is 12.2. The van der Waals surface area contributed by atoms with Gasteiger partial charge in [0.15, 0.2) is 0 Å². The highest BCUT2D eigenvalue weighted by atomic mass is 16.3. The lowest BCUT2D eigenvalue weighted by Gasteiger charge is -2.41. The first-order valence-electron chi connectivity index (χ1n) is 14.7. The fraction of sp³-hybridized carbons (Fsp3) is 0.933. The minimum absolute atomic E-state index is 0.101. The first-order chi connectivity index (χ1) is 15.7. The lowest BCUT2D eigenvalue weighted by atomic mass is 9.66. The second kappa shape index (κ2) is 12.4. The number of hydrogen-bond acceptors (Lipinski definition) is 2. The summed E-state index contributed by atoms with van der Waals surface area (Å²) in [6.45, 7) is 2.28. The van der Waals surface area contributed by atoms with Crippen LogP contribution in [0.5, 0.6) is 0 Å². The third-order valence-electron chi connectivity index (χ3n) is 10.3. The summed E-state index contributed by atoms with van der Waals surface area (Å²) in [5.74, 6) is 4.53. The second-order valence-corrected chi connectivity index (χ2v) is 12.2. The average molecular weight is 445 g/mol. The molecule has 3 saturated carbocycles. The van der Waals surface area contributed by atoms with Crippen molar-refractivity contribution in [2.24, 2.45) is 35.5 Å². The maximum Gasteiger partial charge on any atom is 0.0568 e. The van der Waals surface area contributed by atoms with E-state index in [1.165, 1.54) is 89.9 Å². The SMILES string of the molecule is CCC(CC1CCCC2=CCCCC21)C(O)CCCCC(O)C1CCC2CCCCC2C1. The smallest absolute Gasteiger partial charge is 0.0568 e. The van der Waals surface area contributed by atoms with Gasteiger partial charge >= 0.3 is 0 Å². The van der Waals surface area contributed by atoms with Gasteiger partial charge in [0, 0.05) is 0 Å². The van der Waals surface area contributed by atoms with E-state index in [-0.39, 0.29) is 12.2 Å². The highest BCUT2D eigenvalue weighted by Crippen LogP contribution is 2.45. The zero-order valence-corrected chi connectivity index (χ0v) is 21.0. The van der Waals surface area contributed by atoms with Crippen molar-refractivity contribution in [1.29, 1.82) is 0 Å². The van der Waals surface area contributed by atoms with Crippen molar-refractivity contribution in [3.63, 3.8) is 0 Å². The number of hydrogen-bond donors (Lipinski definition) is 2. The van der Waals surface area contributed by atoms with Gasteiger partial charge in [0.1, 0.15) is 0 Å². The van der Waals surface area contributed by atoms with Gasteiger partial charge < -0.3 is 10.2 Å². The van der Waals surface area contributed by atoms with E-state index in [9.17, 15) is 10.2 Å². The Labute approximate surface area is 198 Å². The summed E-state index contributed by atoms with van der Waals surface area (Å²) < 4.78 is 0. The Bertz CT molecular complexity index is 583. The maximum absolute atomic E-state index is 11.0. The number of allylic oxidation sites excluding steroid dienone is 2. The molecule has 0 amide bonds. The van der Waals surface area contributed by atoms with Gasteiger partial charge in [-0.2, -0.15) is 0 Å². The van der Waals surface area contributed by atoms with Crippen molar-refractivity contribution in [2.75, 3.05) is 0 Å². The molecule has 32 heavy (non-hydrogen) atoms. The third-order valence-corrected chi connectivity index (χ3v) is 10.3. The molecule has 0 aliphatic heterocycles. The van der Waals surface area contributed by atoms with Crippen molar-refractivity contribution < 1.29 is 10.2 Å². The summed E-state index contributed by atoms with van der Waals surface area (Å²) in [7, 11) is 0. The fourth-order valence-electron chi connectivity index (χ4n) is 8.26. The standard InChI is InChI=1S/C30H52O2/c1-2-22(20-26-14-9-13-24-11-5-6-15-28(24)26)29(31)16-7-8-17-30(32)27-19-18-23-10-3-4-12-25(23)21-27/h11,22-23,25-32H,2-10,12-21H2,1H3. The van der Waals surface area contributed by atoms with Crippen LogP contribution in [0.2, 0.25) is 0 Å². The van der Waals surface area contributed by atoms with Crippen LogP contribution in [0, 0.1) is 35.5 Å². The molecule has 0 spiro atoms. The van der Waals surface area contributed by atoms with E-state index in [0.29, 0.717) is 11.8 Å². The lowest BCUT2D eigenvalue weighted by Crippen LogP contribution is -2.33. The van der Waals surface area contributed by atoms with Gasteiger partial charge in [-0.05, 0) is 113 Å². The van der Waals surface area contributed by atoms with E-state index in [1.807, 2.05) is 0 Å². The Morgan fingerprint density at radius 1 is 0.875 bits per heavy atom. The van der Waals surface area contributed by atoms with Crippen LogP contribution in [-0.2, 0) is 0 Å². The Morgan fingerprint density at radius 2 is 1.69 bits per heavy atom. The van der Waals surface area contributed by atoms with Gasteiger partial charge in [-0.1, -0.05) is 63.5 Å². The summed E-state index contributed by atoms with van der Waals surface area (Å²) >= 11 is 0. The quantitative estimate of drug-likeness (QED) is 0.266. The molecule has 0 aromatic rings. The Kier molecular flexibility index (Phi) is 9.59. The summed E-state index contributed by atoms with van der Waals surface area (Å²) in [5, 5.41) is 21.8. The van der Waals surface area contributed by atoms with E-state index in [1.54, 1.807) is 5.57 Å². The molecule has 0 aromatic carbocycles. The van der Waals surface area contributed by atoms with Crippen LogP contribution in [-0.4, -0.2) is 22.4 Å². The Hall–Kier alpha value is -0.340. The average Bonchev–Trinajstić information content (AvgIpc) is 2.84. The zero-order valence-electron chi connectivity index (χ0n) is 21.0. The van der Waals surface area contributed by atoms with Crippen molar-refractivity contribution in [3.05, 3.63) is 11.6 Å². The van der Waals surface area contributed by atoms with Crippen molar-refractivity contribution in [2.45, 2.75) is 141 Å². The highest BCUT2D eigenvalue weighted by molar-refractivity contribution is 5.14. The normalized spacial score (nSPS) is 35.8. The lowest BCUT2D eigenvalue weighted by molar-refractivity contribution is 0.0278. The molecule has 2 heteroatoms. The molecule has 4 rings (SSSR count). The van der Waals surface area contributed by atoms with Gasteiger partial charge in [0.2, 0.25) is 0 Å². The Balaban J connectivity index is 1.15.